The van der Waals surface area contributed by atoms with Crippen LogP contribution in [0.15, 0.2) is 0 Å². The third-order valence-electron chi connectivity index (χ3n) is 2.05. The molecule has 5 heteroatoms. The van der Waals surface area contributed by atoms with Gasteiger partial charge < -0.3 is 0 Å². The van der Waals surface area contributed by atoms with Crippen molar-refractivity contribution in [1.29, 1.82) is 0 Å². The zero-order valence-electron chi connectivity index (χ0n) is 8.69. The van der Waals surface area contributed by atoms with E-state index in [0.29, 0.717) is 12.5 Å². The molecule has 0 aromatic rings. The van der Waals surface area contributed by atoms with Crippen LogP contribution in [0.25, 0.3) is 0 Å². The Bertz CT molecular complexity index is 148. The molecule has 0 spiro atoms. The number of unbranched alkanes of at least 4 members (excludes halogenated alkanes) is 1. The molecular formula is C9H18O5. The van der Waals surface area contributed by atoms with Crippen molar-refractivity contribution < 1.29 is 24.7 Å². The lowest BCUT2D eigenvalue weighted by molar-refractivity contribution is -0.304. The van der Waals surface area contributed by atoms with Crippen LogP contribution in [0.3, 0.4) is 0 Å². The van der Waals surface area contributed by atoms with Gasteiger partial charge in [-0.25, -0.2) is 0 Å². The van der Waals surface area contributed by atoms with Crippen molar-refractivity contribution in [3.8, 4) is 0 Å². The van der Waals surface area contributed by atoms with Crippen LogP contribution in [0, 0.1) is 5.92 Å². The van der Waals surface area contributed by atoms with Crippen LogP contribution in [0.4, 0.5) is 4.79 Å². The maximum absolute atomic E-state index is 10.3. The lowest BCUT2D eigenvalue weighted by atomic mass is 10.0. The number of hydrogen-bond donors (Lipinski definition) is 1. The molecule has 0 aliphatic heterocycles. The summed E-state index contributed by atoms with van der Waals surface area (Å²) in [5.74, 6) is 0.376. The van der Waals surface area contributed by atoms with Crippen LogP contribution in [0.1, 0.15) is 39.5 Å². The first kappa shape index (κ1) is 13.2. The zero-order chi connectivity index (χ0) is 10.8. The minimum absolute atomic E-state index is 0.339. The first-order valence-electron chi connectivity index (χ1n) is 4.89. The van der Waals surface area contributed by atoms with Gasteiger partial charge in [-0.15, -0.1) is 0 Å². The lowest BCUT2D eigenvalue weighted by Crippen LogP contribution is -2.12. The van der Waals surface area contributed by atoms with Gasteiger partial charge in [0.25, 0.3) is 0 Å². The first-order chi connectivity index (χ1) is 6.74. The van der Waals surface area contributed by atoms with Gasteiger partial charge in [-0.3, -0.25) is 9.78 Å². The summed E-state index contributed by atoms with van der Waals surface area (Å²) in [6, 6.07) is 0. The number of hydrogen-bond acceptors (Lipinski definition) is 5. The molecule has 0 fully saturated rings. The monoisotopic (exact) mass is 206 g/mol. The zero-order valence-corrected chi connectivity index (χ0v) is 8.69. The van der Waals surface area contributed by atoms with E-state index in [1.54, 1.807) is 0 Å². The SMILES string of the molecule is CCCCC(CC)COOC(=O)OO. The van der Waals surface area contributed by atoms with Crippen molar-refractivity contribution in [2.45, 2.75) is 39.5 Å². The van der Waals surface area contributed by atoms with Gasteiger partial charge in [0.05, 0.1) is 6.61 Å². The van der Waals surface area contributed by atoms with Crippen molar-refractivity contribution in [2.75, 3.05) is 6.61 Å². The van der Waals surface area contributed by atoms with Crippen molar-refractivity contribution in [3.05, 3.63) is 0 Å². The highest BCUT2D eigenvalue weighted by molar-refractivity contribution is 5.57. The first-order valence-corrected chi connectivity index (χ1v) is 4.89. The second-order valence-corrected chi connectivity index (χ2v) is 3.13. The van der Waals surface area contributed by atoms with E-state index in [-0.39, 0.29) is 0 Å². The van der Waals surface area contributed by atoms with Crippen LogP contribution in [0.5, 0.6) is 0 Å². The average molecular weight is 206 g/mol. The molecule has 1 N–H and O–H groups in total. The van der Waals surface area contributed by atoms with Crippen LogP contribution >= 0.6 is 0 Å². The molecule has 0 amide bonds. The highest BCUT2D eigenvalue weighted by atomic mass is 17.3. The quantitative estimate of drug-likeness (QED) is 0.512. The van der Waals surface area contributed by atoms with Crippen molar-refractivity contribution in [1.82, 2.24) is 0 Å². The van der Waals surface area contributed by atoms with E-state index in [1.807, 2.05) is 6.92 Å². The van der Waals surface area contributed by atoms with Gasteiger partial charge in [0.1, 0.15) is 0 Å². The summed E-state index contributed by atoms with van der Waals surface area (Å²) in [6.07, 6.45) is 3.04. The summed E-state index contributed by atoms with van der Waals surface area (Å²) in [5.41, 5.74) is 0. The predicted molar refractivity (Wildman–Crippen MR) is 49.5 cm³/mol. The Morgan fingerprint density at radius 2 is 2.14 bits per heavy atom. The smallest absolute Gasteiger partial charge is 0.260 e. The van der Waals surface area contributed by atoms with E-state index in [0.717, 1.165) is 25.7 Å². The highest BCUT2D eigenvalue weighted by Gasteiger charge is 2.09. The topological polar surface area (TPSA) is 65.0 Å². The molecule has 0 aliphatic carbocycles. The third-order valence-corrected chi connectivity index (χ3v) is 2.05. The second-order valence-electron chi connectivity index (χ2n) is 3.13. The van der Waals surface area contributed by atoms with E-state index in [4.69, 9.17) is 5.26 Å². The van der Waals surface area contributed by atoms with Crippen LogP contribution in [-0.2, 0) is 14.7 Å². The molecule has 0 aliphatic rings. The maximum Gasteiger partial charge on any atom is 0.572 e. The van der Waals surface area contributed by atoms with E-state index in [1.165, 1.54) is 0 Å². The molecule has 0 saturated carbocycles. The van der Waals surface area contributed by atoms with Crippen LogP contribution < -0.4 is 0 Å². The summed E-state index contributed by atoms with van der Waals surface area (Å²) in [4.78, 5) is 22.2. The second kappa shape index (κ2) is 8.77. The van der Waals surface area contributed by atoms with Gasteiger partial charge in [-0.05, 0) is 12.3 Å². The molecule has 1 unspecified atom stereocenters. The standard InChI is InChI=1S/C9H18O5/c1-3-5-6-8(4-2)7-12-14-9(10)13-11/h8,11H,3-7H2,1-2H3. The Morgan fingerprint density at radius 1 is 1.43 bits per heavy atom. The Kier molecular flexibility index (Phi) is 8.27. The fourth-order valence-corrected chi connectivity index (χ4v) is 1.09. The number of rotatable bonds is 7. The van der Waals surface area contributed by atoms with Crippen LogP contribution in [-0.4, -0.2) is 18.0 Å². The molecule has 0 heterocycles. The molecule has 14 heavy (non-hydrogen) atoms. The number of carbonyl (C=O) groups excluding carboxylic acids is 1. The molecule has 0 rings (SSSR count). The molecule has 0 aromatic carbocycles. The molecule has 84 valence electrons. The van der Waals surface area contributed by atoms with Gasteiger partial charge in [-0.2, -0.15) is 14.9 Å². The normalized spacial score (nSPS) is 12.2. The van der Waals surface area contributed by atoms with Gasteiger partial charge in [0, 0.05) is 0 Å². The van der Waals surface area contributed by atoms with Crippen molar-refractivity contribution in [3.63, 3.8) is 0 Å². The summed E-state index contributed by atoms with van der Waals surface area (Å²) in [5, 5.41) is 7.84. The minimum atomic E-state index is -1.24. The summed E-state index contributed by atoms with van der Waals surface area (Å²) in [6.45, 7) is 4.51. The Balaban J connectivity index is 3.46. The Labute approximate surface area is 83.8 Å². The largest absolute Gasteiger partial charge is 0.572 e. The molecule has 0 radical (unpaired) electrons. The highest BCUT2D eigenvalue weighted by Crippen LogP contribution is 2.12. The van der Waals surface area contributed by atoms with Crippen molar-refractivity contribution >= 4 is 6.16 Å². The van der Waals surface area contributed by atoms with Gasteiger partial charge in [0.2, 0.25) is 0 Å². The predicted octanol–water partition coefficient (Wildman–Crippen LogP) is 2.76. The third kappa shape index (κ3) is 6.68. The summed E-state index contributed by atoms with van der Waals surface area (Å²) < 4.78 is 0. The maximum atomic E-state index is 10.3. The minimum Gasteiger partial charge on any atom is -0.260 e. The molecule has 5 nitrogen and oxygen atoms in total. The summed E-state index contributed by atoms with van der Waals surface area (Å²) >= 11 is 0. The molecular weight excluding hydrogens is 188 g/mol. The van der Waals surface area contributed by atoms with E-state index in [9.17, 15) is 4.79 Å². The fraction of sp³-hybridized carbons (Fsp3) is 0.889. The van der Waals surface area contributed by atoms with Gasteiger partial charge in [-0.1, -0.05) is 33.1 Å². The van der Waals surface area contributed by atoms with E-state index in [2.05, 4.69) is 21.6 Å². The van der Waals surface area contributed by atoms with E-state index >= 15 is 0 Å². The van der Waals surface area contributed by atoms with Gasteiger partial charge >= 0.3 is 6.16 Å². The van der Waals surface area contributed by atoms with Crippen molar-refractivity contribution in [2.24, 2.45) is 5.92 Å². The van der Waals surface area contributed by atoms with Gasteiger partial charge in [0.15, 0.2) is 0 Å². The van der Waals surface area contributed by atoms with E-state index < -0.39 is 6.16 Å². The molecule has 0 aromatic heterocycles. The summed E-state index contributed by atoms with van der Waals surface area (Å²) in [7, 11) is 0. The number of carbonyl (C=O) groups is 1. The molecule has 0 saturated heterocycles. The lowest BCUT2D eigenvalue weighted by Gasteiger charge is -2.12. The Morgan fingerprint density at radius 3 is 2.64 bits per heavy atom. The molecule has 1 atom stereocenters. The molecule has 0 bridgehead atoms. The average Bonchev–Trinajstić information content (AvgIpc) is 2.22. The Hall–Kier alpha value is -0.810. The fourth-order valence-electron chi connectivity index (χ4n) is 1.09. The van der Waals surface area contributed by atoms with Crippen LogP contribution in [0.2, 0.25) is 0 Å².